The quantitative estimate of drug-likeness (QED) is 0.708. The third-order valence-electron chi connectivity index (χ3n) is 5.60. The number of halogens is 1. The minimum atomic E-state index is -0.430. The van der Waals surface area contributed by atoms with E-state index in [1.807, 2.05) is 24.0 Å². The molecular formula is C22H35ClN2O2. The SMILES string of the molecule is CCC(C)C(N)C(=O)N1CCC(C(=O)c2ccc(CC(C)C)cc2)CC1.Cl. The number of nitrogens with zero attached hydrogens (tertiary/aromatic N) is 1. The van der Waals surface area contributed by atoms with E-state index in [-0.39, 0.29) is 35.9 Å². The number of likely N-dealkylation sites (tertiary alicyclic amines) is 1. The minimum absolute atomic E-state index is 0. The number of Topliss-reactive ketones (excluding diaryl/α,β-unsaturated/α-hetero) is 1. The van der Waals surface area contributed by atoms with Gasteiger partial charge < -0.3 is 10.6 Å². The Morgan fingerprint density at radius 1 is 1.11 bits per heavy atom. The fourth-order valence-electron chi connectivity index (χ4n) is 3.58. The van der Waals surface area contributed by atoms with Gasteiger partial charge in [0.25, 0.3) is 0 Å². The van der Waals surface area contributed by atoms with E-state index in [2.05, 4.69) is 32.9 Å². The van der Waals surface area contributed by atoms with Crippen LogP contribution in [0.25, 0.3) is 0 Å². The molecule has 4 nitrogen and oxygen atoms in total. The van der Waals surface area contributed by atoms with Gasteiger partial charge in [-0.05, 0) is 36.7 Å². The molecule has 152 valence electrons. The van der Waals surface area contributed by atoms with Crippen molar-refractivity contribution in [1.29, 1.82) is 0 Å². The highest BCUT2D eigenvalue weighted by Crippen LogP contribution is 2.23. The highest BCUT2D eigenvalue weighted by molar-refractivity contribution is 5.98. The maximum Gasteiger partial charge on any atom is 0.239 e. The fraction of sp³-hybridized carbons (Fsp3) is 0.636. The number of carbonyl (C=O) groups excluding carboxylic acids is 2. The second-order valence-corrected chi connectivity index (χ2v) is 8.17. The number of nitrogens with two attached hydrogens (primary N) is 1. The van der Waals surface area contributed by atoms with Crippen molar-refractivity contribution in [2.45, 2.75) is 59.4 Å². The third kappa shape index (κ3) is 6.32. The molecule has 1 heterocycles. The van der Waals surface area contributed by atoms with E-state index < -0.39 is 6.04 Å². The number of piperidine rings is 1. The van der Waals surface area contributed by atoms with Gasteiger partial charge in [0.1, 0.15) is 0 Å². The number of benzene rings is 1. The molecule has 1 fully saturated rings. The number of hydrogen-bond acceptors (Lipinski definition) is 3. The van der Waals surface area contributed by atoms with Gasteiger partial charge in [-0.1, -0.05) is 58.4 Å². The Balaban J connectivity index is 0.00000364. The molecule has 0 radical (unpaired) electrons. The Bertz CT molecular complexity index is 607. The molecule has 0 bridgehead atoms. The van der Waals surface area contributed by atoms with Crippen LogP contribution in [0.2, 0.25) is 0 Å². The first kappa shape index (κ1) is 23.6. The zero-order valence-corrected chi connectivity index (χ0v) is 17.9. The summed E-state index contributed by atoms with van der Waals surface area (Å²) in [6.45, 7) is 9.72. The van der Waals surface area contributed by atoms with Crippen molar-refractivity contribution in [3.8, 4) is 0 Å². The van der Waals surface area contributed by atoms with E-state index in [1.54, 1.807) is 0 Å². The van der Waals surface area contributed by atoms with Gasteiger partial charge in [0, 0.05) is 24.6 Å². The van der Waals surface area contributed by atoms with Crippen molar-refractivity contribution in [3.05, 3.63) is 35.4 Å². The van der Waals surface area contributed by atoms with E-state index in [4.69, 9.17) is 5.73 Å². The van der Waals surface area contributed by atoms with Crippen LogP contribution >= 0.6 is 12.4 Å². The lowest BCUT2D eigenvalue weighted by molar-refractivity contribution is -0.135. The van der Waals surface area contributed by atoms with Crippen molar-refractivity contribution in [1.82, 2.24) is 4.90 Å². The summed E-state index contributed by atoms with van der Waals surface area (Å²) in [5.41, 5.74) is 8.14. The van der Waals surface area contributed by atoms with Crippen LogP contribution in [0, 0.1) is 17.8 Å². The first-order chi connectivity index (χ1) is 12.3. The molecule has 0 aliphatic carbocycles. The van der Waals surface area contributed by atoms with Crippen LogP contribution in [0.4, 0.5) is 0 Å². The van der Waals surface area contributed by atoms with Crippen LogP contribution in [-0.2, 0) is 11.2 Å². The average Bonchev–Trinajstić information content (AvgIpc) is 2.66. The molecule has 1 aromatic carbocycles. The van der Waals surface area contributed by atoms with Crippen LogP contribution in [0.3, 0.4) is 0 Å². The van der Waals surface area contributed by atoms with Crippen molar-refractivity contribution in [3.63, 3.8) is 0 Å². The van der Waals surface area contributed by atoms with E-state index >= 15 is 0 Å². The number of amides is 1. The van der Waals surface area contributed by atoms with Gasteiger partial charge >= 0.3 is 0 Å². The summed E-state index contributed by atoms with van der Waals surface area (Å²) in [7, 11) is 0. The second-order valence-electron chi connectivity index (χ2n) is 8.17. The maximum atomic E-state index is 12.8. The van der Waals surface area contributed by atoms with Crippen molar-refractivity contribution in [2.75, 3.05) is 13.1 Å². The summed E-state index contributed by atoms with van der Waals surface area (Å²) >= 11 is 0. The maximum absolute atomic E-state index is 12.8. The van der Waals surface area contributed by atoms with Crippen LogP contribution in [0.15, 0.2) is 24.3 Å². The summed E-state index contributed by atoms with van der Waals surface area (Å²) in [6, 6.07) is 7.61. The first-order valence-electron chi connectivity index (χ1n) is 10.0. The molecule has 1 aliphatic rings. The van der Waals surface area contributed by atoms with Crippen LogP contribution in [0.5, 0.6) is 0 Å². The number of hydrogen-bond donors (Lipinski definition) is 1. The van der Waals surface area contributed by atoms with Gasteiger partial charge in [-0.25, -0.2) is 0 Å². The Hall–Kier alpha value is -1.39. The third-order valence-corrected chi connectivity index (χ3v) is 5.60. The number of ketones is 1. The normalized spacial score (nSPS) is 17.3. The minimum Gasteiger partial charge on any atom is -0.341 e. The molecule has 27 heavy (non-hydrogen) atoms. The zero-order valence-electron chi connectivity index (χ0n) is 17.1. The van der Waals surface area contributed by atoms with Crippen molar-refractivity contribution >= 4 is 24.1 Å². The molecule has 2 atom stereocenters. The lowest BCUT2D eigenvalue weighted by Gasteiger charge is -2.34. The second kappa shape index (κ2) is 10.8. The fourth-order valence-corrected chi connectivity index (χ4v) is 3.58. The lowest BCUT2D eigenvalue weighted by atomic mass is 9.87. The number of rotatable bonds is 7. The Morgan fingerprint density at radius 3 is 2.15 bits per heavy atom. The highest BCUT2D eigenvalue weighted by Gasteiger charge is 2.31. The standard InChI is InChI=1S/C22H34N2O2.ClH/c1-5-16(4)20(23)22(26)24-12-10-19(11-13-24)21(25)18-8-6-17(7-9-18)14-15(2)3;/h6-9,15-16,19-20H,5,10-14,23H2,1-4H3;1H. The Kier molecular flexibility index (Phi) is 9.48. The number of carbonyl (C=O) groups is 2. The smallest absolute Gasteiger partial charge is 0.239 e. The molecular weight excluding hydrogens is 360 g/mol. The molecule has 1 amide bonds. The molecule has 1 aromatic rings. The molecule has 0 spiro atoms. The van der Waals surface area contributed by atoms with E-state index in [0.29, 0.717) is 19.0 Å². The summed E-state index contributed by atoms with van der Waals surface area (Å²) in [5.74, 6) is 1.05. The van der Waals surface area contributed by atoms with E-state index in [9.17, 15) is 9.59 Å². The molecule has 0 saturated carbocycles. The predicted octanol–water partition coefficient (Wildman–Crippen LogP) is 4.10. The Morgan fingerprint density at radius 2 is 1.67 bits per heavy atom. The van der Waals surface area contributed by atoms with E-state index in [0.717, 1.165) is 31.2 Å². The molecule has 1 saturated heterocycles. The van der Waals surface area contributed by atoms with Crippen LogP contribution in [-0.4, -0.2) is 35.7 Å². The summed E-state index contributed by atoms with van der Waals surface area (Å²) in [5, 5.41) is 0. The molecule has 2 N–H and O–H groups in total. The summed E-state index contributed by atoms with van der Waals surface area (Å²) in [4.78, 5) is 27.1. The monoisotopic (exact) mass is 394 g/mol. The summed E-state index contributed by atoms with van der Waals surface area (Å²) in [6.07, 6.45) is 3.39. The van der Waals surface area contributed by atoms with Gasteiger partial charge in [0.05, 0.1) is 6.04 Å². The Labute approximate surface area is 170 Å². The molecule has 0 aromatic heterocycles. The van der Waals surface area contributed by atoms with Crippen molar-refractivity contribution < 1.29 is 9.59 Å². The van der Waals surface area contributed by atoms with Gasteiger partial charge in [-0.15, -0.1) is 12.4 Å². The van der Waals surface area contributed by atoms with Gasteiger partial charge in [0.15, 0.2) is 5.78 Å². The molecule has 2 rings (SSSR count). The molecule has 5 heteroatoms. The summed E-state index contributed by atoms with van der Waals surface area (Å²) < 4.78 is 0. The first-order valence-corrected chi connectivity index (χ1v) is 10.0. The molecule has 1 aliphatic heterocycles. The van der Waals surface area contributed by atoms with Crippen LogP contribution in [0.1, 0.15) is 62.9 Å². The van der Waals surface area contributed by atoms with Gasteiger partial charge in [-0.3, -0.25) is 9.59 Å². The lowest BCUT2D eigenvalue weighted by Crippen LogP contribution is -2.50. The molecule has 2 unspecified atom stereocenters. The highest BCUT2D eigenvalue weighted by atomic mass is 35.5. The predicted molar refractivity (Wildman–Crippen MR) is 113 cm³/mol. The van der Waals surface area contributed by atoms with E-state index in [1.165, 1.54) is 5.56 Å². The average molecular weight is 395 g/mol. The van der Waals surface area contributed by atoms with Crippen LogP contribution < -0.4 is 5.73 Å². The van der Waals surface area contributed by atoms with Gasteiger partial charge in [0.2, 0.25) is 5.91 Å². The largest absolute Gasteiger partial charge is 0.341 e. The van der Waals surface area contributed by atoms with Gasteiger partial charge in [-0.2, -0.15) is 0 Å². The van der Waals surface area contributed by atoms with Crippen molar-refractivity contribution in [2.24, 2.45) is 23.5 Å². The zero-order chi connectivity index (χ0) is 19.3. The topological polar surface area (TPSA) is 63.4 Å².